The highest BCUT2D eigenvalue weighted by Crippen LogP contribution is 2.47. The Balaban J connectivity index is 1.67. The van der Waals surface area contributed by atoms with Crippen LogP contribution in [0.1, 0.15) is 30.5 Å². The van der Waals surface area contributed by atoms with Crippen molar-refractivity contribution in [3.63, 3.8) is 0 Å². The lowest BCUT2D eigenvalue weighted by atomic mass is 9.92. The molecule has 2 aromatic rings. The number of amides is 1. The lowest BCUT2D eigenvalue weighted by Crippen LogP contribution is -2.38. The minimum absolute atomic E-state index is 0.0318. The molecule has 198 valence electrons. The van der Waals surface area contributed by atoms with Crippen molar-refractivity contribution in [3.8, 4) is 11.5 Å². The molecule has 0 bridgehead atoms. The van der Waals surface area contributed by atoms with Gasteiger partial charge in [-0.05, 0) is 48.2 Å². The van der Waals surface area contributed by atoms with E-state index in [4.69, 9.17) is 14.2 Å². The number of nitrogens with zero attached hydrogens (tertiary/aromatic N) is 2. The fourth-order valence-electron chi connectivity index (χ4n) is 4.22. The van der Waals surface area contributed by atoms with Crippen molar-refractivity contribution < 1.29 is 28.2 Å². The molecule has 38 heavy (non-hydrogen) atoms. The van der Waals surface area contributed by atoms with Gasteiger partial charge in [0.05, 0.1) is 38.0 Å². The van der Waals surface area contributed by atoms with E-state index in [0.29, 0.717) is 39.2 Å². The zero-order valence-electron chi connectivity index (χ0n) is 21.3. The predicted octanol–water partition coefficient (Wildman–Crippen LogP) is 4.85. The number of allylic oxidation sites excluding steroid dienone is 1. The highest BCUT2D eigenvalue weighted by atomic mass is 32.2. The molecule has 8 nitrogen and oxygen atoms in total. The Bertz CT molecular complexity index is 1340. The number of ether oxygens (including phenoxy) is 3. The first-order chi connectivity index (χ1) is 18.4. The minimum Gasteiger partial charge on any atom is -0.497 e. The maximum atomic E-state index is 13.3. The van der Waals surface area contributed by atoms with Gasteiger partial charge in [-0.2, -0.15) is 0 Å². The highest BCUT2D eigenvalue weighted by molar-refractivity contribution is 8.16. The molecule has 0 fully saturated rings. The van der Waals surface area contributed by atoms with Crippen LogP contribution in [0, 0.1) is 5.82 Å². The van der Waals surface area contributed by atoms with Crippen LogP contribution in [0.15, 0.2) is 82.5 Å². The van der Waals surface area contributed by atoms with E-state index in [1.165, 1.54) is 30.0 Å². The van der Waals surface area contributed by atoms with E-state index >= 15 is 0 Å². The summed E-state index contributed by atoms with van der Waals surface area (Å²) in [5, 5.41) is 5.34. The SMILES string of the molecule is C=CCOC(=O)C1=C(C)N=C2SC=C(CC(=O)NCc3ccc(F)cc3)N2[C@@H]1c1cc(OC)ccc1OC. The largest absolute Gasteiger partial charge is 0.497 e. The Hall–Kier alpha value is -4.05. The number of amidine groups is 1. The number of hydrogen-bond acceptors (Lipinski definition) is 8. The van der Waals surface area contributed by atoms with E-state index in [-0.39, 0.29) is 31.3 Å². The lowest BCUT2D eigenvalue weighted by Gasteiger charge is -2.36. The first kappa shape index (κ1) is 27.0. The molecule has 2 heterocycles. The maximum absolute atomic E-state index is 13.3. The monoisotopic (exact) mass is 537 g/mol. The number of benzene rings is 2. The topological polar surface area (TPSA) is 89.5 Å². The number of thioether (sulfide) groups is 1. The molecule has 1 N–H and O–H groups in total. The molecule has 0 aliphatic carbocycles. The quantitative estimate of drug-likeness (QED) is 0.342. The van der Waals surface area contributed by atoms with Gasteiger partial charge in [0, 0.05) is 17.8 Å². The number of hydrogen-bond donors (Lipinski definition) is 1. The van der Waals surface area contributed by atoms with E-state index in [2.05, 4.69) is 16.9 Å². The van der Waals surface area contributed by atoms with Crippen molar-refractivity contribution in [1.82, 2.24) is 10.2 Å². The number of fused-ring (bicyclic) bond motifs is 1. The second kappa shape index (κ2) is 12.0. The summed E-state index contributed by atoms with van der Waals surface area (Å²) in [6, 6.07) is 10.6. The molecule has 4 rings (SSSR count). The summed E-state index contributed by atoms with van der Waals surface area (Å²) in [5.74, 6) is -0.000499. The van der Waals surface area contributed by atoms with Crippen molar-refractivity contribution in [3.05, 3.63) is 94.4 Å². The molecule has 0 unspecified atom stereocenters. The fraction of sp³-hybridized carbons (Fsp3) is 0.250. The standard InChI is InChI=1S/C28H28FN3O5S/c1-5-12-37-27(34)25-17(2)31-28-32(26(25)22-14-21(35-3)10-11-23(22)36-4)20(16-38-28)13-24(33)30-15-18-6-8-19(29)9-7-18/h5-11,14,16,26H,1,12-13,15H2,2-4H3,(H,30,33)/t26-/m1/s1. The molecule has 1 amide bonds. The van der Waals surface area contributed by atoms with E-state index in [9.17, 15) is 14.0 Å². The van der Waals surface area contributed by atoms with Gasteiger partial charge in [0.1, 0.15) is 23.9 Å². The number of methoxy groups -OCH3 is 2. The molecule has 0 saturated heterocycles. The summed E-state index contributed by atoms with van der Waals surface area (Å²) in [4.78, 5) is 32.7. The van der Waals surface area contributed by atoms with Gasteiger partial charge in [-0.15, -0.1) is 0 Å². The minimum atomic E-state index is -0.684. The summed E-state index contributed by atoms with van der Waals surface area (Å²) in [7, 11) is 3.11. The van der Waals surface area contributed by atoms with Crippen LogP contribution in [0.25, 0.3) is 0 Å². The van der Waals surface area contributed by atoms with Gasteiger partial charge in [-0.3, -0.25) is 4.79 Å². The Morgan fingerprint density at radius 1 is 1.18 bits per heavy atom. The van der Waals surface area contributed by atoms with Gasteiger partial charge in [-0.1, -0.05) is 36.5 Å². The Morgan fingerprint density at radius 3 is 2.63 bits per heavy atom. The molecule has 1 atom stereocenters. The van der Waals surface area contributed by atoms with Crippen LogP contribution < -0.4 is 14.8 Å². The Labute approximate surface area is 224 Å². The van der Waals surface area contributed by atoms with Crippen LogP contribution >= 0.6 is 11.8 Å². The second-order valence-corrected chi connectivity index (χ2v) is 9.30. The number of aliphatic imine (C=N–C) groups is 1. The van der Waals surface area contributed by atoms with E-state index in [1.54, 1.807) is 51.5 Å². The summed E-state index contributed by atoms with van der Waals surface area (Å²) in [5.41, 5.74) is 2.91. The number of nitrogens with one attached hydrogen (secondary N) is 1. The summed E-state index contributed by atoms with van der Waals surface area (Å²) in [6.07, 6.45) is 1.53. The number of halogens is 1. The van der Waals surface area contributed by atoms with Crippen molar-refractivity contribution in [2.45, 2.75) is 25.9 Å². The summed E-state index contributed by atoms with van der Waals surface area (Å²) >= 11 is 1.37. The van der Waals surface area contributed by atoms with Crippen molar-refractivity contribution in [2.75, 3.05) is 20.8 Å². The summed E-state index contributed by atoms with van der Waals surface area (Å²) < 4.78 is 29.8. The van der Waals surface area contributed by atoms with E-state index in [0.717, 1.165) is 5.56 Å². The second-order valence-electron chi connectivity index (χ2n) is 8.47. The average Bonchev–Trinajstić information content (AvgIpc) is 3.31. The van der Waals surface area contributed by atoms with Crippen molar-refractivity contribution in [1.29, 1.82) is 0 Å². The zero-order chi connectivity index (χ0) is 27.2. The normalized spacial score (nSPS) is 16.3. The third-order valence-electron chi connectivity index (χ3n) is 6.03. The molecule has 10 heteroatoms. The number of rotatable bonds is 10. The van der Waals surface area contributed by atoms with Gasteiger partial charge in [-0.25, -0.2) is 14.2 Å². The molecule has 0 spiro atoms. The highest BCUT2D eigenvalue weighted by Gasteiger charge is 2.42. The average molecular weight is 538 g/mol. The lowest BCUT2D eigenvalue weighted by molar-refractivity contribution is -0.138. The molecule has 2 aliphatic heterocycles. The van der Waals surface area contributed by atoms with E-state index in [1.807, 2.05) is 10.3 Å². The van der Waals surface area contributed by atoms with Gasteiger partial charge in [0.2, 0.25) is 5.91 Å². The van der Waals surface area contributed by atoms with Crippen LogP contribution in [0.5, 0.6) is 11.5 Å². The van der Waals surface area contributed by atoms with Crippen LogP contribution in [0.2, 0.25) is 0 Å². The molecular formula is C28H28FN3O5S. The molecular weight excluding hydrogens is 509 g/mol. The molecule has 2 aromatic carbocycles. The Kier molecular flexibility index (Phi) is 8.52. The number of carbonyl (C=O) groups is 2. The number of carbonyl (C=O) groups excluding carboxylic acids is 2. The van der Waals surface area contributed by atoms with Gasteiger partial charge >= 0.3 is 5.97 Å². The van der Waals surface area contributed by atoms with Crippen LogP contribution in [0.4, 0.5) is 4.39 Å². The van der Waals surface area contributed by atoms with Crippen molar-refractivity contribution in [2.24, 2.45) is 4.99 Å². The van der Waals surface area contributed by atoms with Gasteiger partial charge < -0.3 is 24.4 Å². The fourth-order valence-corrected chi connectivity index (χ4v) is 5.18. The smallest absolute Gasteiger partial charge is 0.338 e. The third kappa shape index (κ3) is 5.75. The zero-order valence-corrected chi connectivity index (χ0v) is 22.1. The maximum Gasteiger partial charge on any atom is 0.338 e. The van der Waals surface area contributed by atoms with Gasteiger partial charge in [0.15, 0.2) is 5.17 Å². The molecule has 0 radical (unpaired) electrons. The Morgan fingerprint density at radius 2 is 1.95 bits per heavy atom. The molecule has 0 saturated carbocycles. The van der Waals surface area contributed by atoms with Crippen molar-refractivity contribution >= 4 is 28.8 Å². The van der Waals surface area contributed by atoms with E-state index < -0.39 is 12.0 Å². The summed E-state index contributed by atoms with van der Waals surface area (Å²) in [6.45, 7) is 5.67. The predicted molar refractivity (Wildman–Crippen MR) is 144 cm³/mol. The van der Waals surface area contributed by atoms with Gasteiger partial charge in [0.25, 0.3) is 0 Å². The first-order valence-corrected chi connectivity index (χ1v) is 12.7. The molecule has 2 aliphatic rings. The van der Waals surface area contributed by atoms with Crippen LogP contribution in [0.3, 0.4) is 0 Å². The van der Waals surface area contributed by atoms with Crippen LogP contribution in [-0.4, -0.2) is 42.8 Å². The first-order valence-electron chi connectivity index (χ1n) is 11.8. The molecule has 0 aromatic heterocycles. The van der Waals surface area contributed by atoms with Crippen LogP contribution in [-0.2, 0) is 20.9 Å². The number of esters is 1. The third-order valence-corrected chi connectivity index (χ3v) is 6.92.